The highest BCUT2D eigenvalue weighted by Gasteiger charge is 2.42. The number of rotatable bonds is 4. The molecule has 0 unspecified atom stereocenters. The molecule has 0 aliphatic carbocycles. The first-order chi connectivity index (χ1) is 12.2. The molecule has 1 aliphatic rings. The molecule has 2 aromatic rings. The van der Waals surface area contributed by atoms with Gasteiger partial charge in [0, 0.05) is 6.54 Å². The van der Waals surface area contributed by atoms with Gasteiger partial charge in [-0.1, -0.05) is 22.8 Å². The molecule has 1 N–H and O–H groups in total. The Labute approximate surface area is 157 Å². The summed E-state index contributed by atoms with van der Waals surface area (Å²) < 4.78 is 32.3. The summed E-state index contributed by atoms with van der Waals surface area (Å²) in [6, 6.07) is 4.47. The van der Waals surface area contributed by atoms with Crippen LogP contribution in [0.3, 0.4) is 0 Å². The zero-order chi connectivity index (χ0) is 19.1. The summed E-state index contributed by atoms with van der Waals surface area (Å²) in [6.45, 7) is 5.28. The molecule has 0 radical (unpaired) electrons. The summed E-state index contributed by atoms with van der Waals surface area (Å²) in [5.41, 5.74) is 1.72. The molecular weight excluding hydrogens is 378 g/mol. The SMILES string of the molecule is Cc1ccc(NC(=O)[C@@H]2CCCN2S(=O)(=O)c2c(C)noc2C)c(Cl)c1. The van der Waals surface area contributed by atoms with Crippen molar-refractivity contribution in [3.8, 4) is 0 Å². The Bertz CT molecular complexity index is 935. The molecule has 0 saturated carbocycles. The van der Waals surface area contributed by atoms with Crippen LogP contribution in [0.1, 0.15) is 29.9 Å². The van der Waals surface area contributed by atoms with Gasteiger partial charge in [-0.25, -0.2) is 8.42 Å². The van der Waals surface area contributed by atoms with Gasteiger partial charge in [0.15, 0.2) is 5.76 Å². The highest BCUT2D eigenvalue weighted by Crippen LogP contribution is 2.31. The van der Waals surface area contributed by atoms with E-state index in [0.29, 0.717) is 23.6 Å². The number of carbonyl (C=O) groups is 1. The van der Waals surface area contributed by atoms with Crippen molar-refractivity contribution in [3.63, 3.8) is 0 Å². The van der Waals surface area contributed by atoms with E-state index in [1.807, 2.05) is 13.0 Å². The Hall–Kier alpha value is -1.90. The maximum atomic E-state index is 13.0. The fourth-order valence-electron chi connectivity index (χ4n) is 3.19. The fourth-order valence-corrected chi connectivity index (χ4v) is 5.42. The molecule has 1 saturated heterocycles. The fraction of sp³-hybridized carbons (Fsp3) is 0.412. The lowest BCUT2D eigenvalue weighted by Gasteiger charge is -2.23. The molecule has 1 aromatic heterocycles. The normalized spacial score (nSPS) is 18.2. The predicted molar refractivity (Wildman–Crippen MR) is 97.7 cm³/mol. The molecule has 1 aliphatic heterocycles. The number of nitrogens with one attached hydrogen (secondary N) is 1. The molecule has 7 nitrogen and oxygen atoms in total. The second-order valence-electron chi connectivity index (χ2n) is 6.40. The largest absolute Gasteiger partial charge is 0.360 e. The summed E-state index contributed by atoms with van der Waals surface area (Å²) in [4.78, 5) is 12.8. The molecule has 0 spiro atoms. The van der Waals surface area contributed by atoms with Crippen molar-refractivity contribution in [1.82, 2.24) is 9.46 Å². The Morgan fingerprint density at radius 1 is 1.35 bits per heavy atom. The second-order valence-corrected chi connectivity index (χ2v) is 8.63. The maximum absolute atomic E-state index is 13.0. The zero-order valence-electron chi connectivity index (χ0n) is 14.7. The van der Waals surface area contributed by atoms with Crippen molar-refractivity contribution < 1.29 is 17.7 Å². The minimum atomic E-state index is -3.88. The number of aromatic nitrogens is 1. The molecule has 140 valence electrons. The number of aryl methyl sites for hydroxylation is 3. The van der Waals surface area contributed by atoms with Crippen LogP contribution in [0, 0.1) is 20.8 Å². The van der Waals surface area contributed by atoms with Crippen molar-refractivity contribution in [1.29, 1.82) is 0 Å². The third-order valence-electron chi connectivity index (χ3n) is 4.42. The first kappa shape index (κ1) is 18.9. The molecule has 3 rings (SSSR count). The number of amides is 1. The summed E-state index contributed by atoms with van der Waals surface area (Å²) >= 11 is 6.16. The minimum Gasteiger partial charge on any atom is -0.360 e. The highest BCUT2D eigenvalue weighted by atomic mass is 35.5. The van der Waals surface area contributed by atoms with E-state index in [-0.39, 0.29) is 22.9 Å². The van der Waals surface area contributed by atoms with Crippen molar-refractivity contribution in [2.24, 2.45) is 0 Å². The molecule has 1 atom stereocenters. The Balaban J connectivity index is 1.87. The van der Waals surface area contributed by atoms with Gasteiger partial charge in [-0.2, -0.15) is 4.31 Å². The van der Waals surface area contributed by atoms with Gasteiger partial charge >= 0.3 is 0 Å². The number of benzene rings is 1. The molecule has 2 heterocycles. The number of halogens is 1. The molecule has 1 fully saturated rings. The molecule has 26 heavy (non-hydrogen) atoms. The van der Waals surface area contributed by atoms with Crippen molar-refractivity contribution >= 4 is 33.2 Å². The van der Waals surface area contributed by atoms with E-state index < -0.39 is 22.0 Å². The number of anilines is 1. The van der Waals surface area contributed by atoms with Crippen molar-refractivity contribution in [2.75, 3.05) is 11.9 Å². The van der Waals surface area contributed by atoms with Crippen LogP contribution in [-0.4, -0.2) is 36.4 Å². The number of carbonyl (C=O) groups excluding carboxylic acids is 1. The predicted octanol–water partition coefficient (Wildman–Crippen LogP) is 3.05. The van der Waals surface area contributed by atoms with E-state index in [1.54, 1.807) is 26.0 Å². The number of nitrogens with zero attached hydrogens (tertiary/aromatic N) is 2. The Kier molecular flexibility index (Phi) is 5.09. The third kappa shape index (κ3) is 3.36. The van der Waals surface area contributed by atoms with Gasteiger partial charge in [0.1, 0.15) is 16.6 Å². The van der Waals surface area contributed by atoms with E-state index in [1.165, 1.54) is 4.31 Å². The summed E-state index contributed by atoms with van der Waals surface area (Å²) in [5, 5.41) is 6.87. The van der Waals surface area contributed by atoms with Crippen LogP contribution in [0.2, 0.25) is 5.02 Å². The average Bonchev–Trinajstić information content (AvgIpc) is 3.17. The lowest BCUT2D eigenvalue weighted by Crippen LogP contribution is -2.43. The number of hydrogen-bond donors (Lipinski definition) is 1. The summed E-state index contributed by atoms with van der Waals surface area (Å²) in [6.07, 6.45) is 1.04. The standard InChI is InChI=1S/C17H20ClN3O4S/c1-10-6-7-14(13(18)9-10)19-17(22)15-5-4-8-21(15)26(23,24)16-11(2)20-25-12(16)3/h6-7,9,15H,4-5,8H2,1-3H3,(H,19,22)/t15-/m0/s1. The second kappa shape index (κ2) is 7.02. The molecule has 0 bridgehead atoms. The van der Waals surface area contributed by atoms with E-state index in [2.05, 4.69) is 10.5 Å². The van der Waals surface area contributed by atoms with E-state index in [4.69, 9.17) is 16.1 Å². The number of hydrogen-bond acceptors (Lipinski definition) is 5. The van der Waals surface area contributed by atoms with Gasteiger partial charge in [-0.15, -0.1) is 0 Å². The maximum Gasteiger partial charge on any atom is 0.249 e. The van der Waals surface area contributed by atoms with Gasteiger partial charge < -0.3 is 9.84 Å². The van der Waals surface area contributed by atoms with Crippen LogP contribution < -0.4 is 5.32 Å². The summed E-state index contributed by atoms with van der Waals surface area (Å²) in [5.74, 6) is -0.182. The first-order valence-corrected chi connectivity index (χ1v) is 10.1. The Morgan fingerprint density at radius 2 is 2.08 bits per heavy atom. The highest BCUT2D eigenvalue weighted by molar-refractivity contribution is 7.89. The van der Waals surface area contributed by atoms with Gasteiger partial charge in [-0.3, -0.25) is 4.79 Å². The molecular formula is C17H20ClN3O4S. The van der Waals surface area contributed by atoms with Gasteiger partial charge in [0.05, 0.1) is 10.7 Å². The van der Waals surface area contributed by atoms with Crippen LogP contribution in [-0.2, 0) is 14.8 Å². The minimum absolute atomic E-state index is 0.0329. The average molecular weight is 398 g/mol. The van der Waals surface area contributed by atoms with Gasteiger partial charge in [0.25, 0.3) is 0 Å². The van der Waals surface area contributed by atoms with E-state index in [0.717, 1.165) is 5.56 Å². The molecule has 9 heteroatoms. The van der Waals surface area contributed by atoms with E-state index in [9.17, 15) is 13.2 Å². The monoisotopic (exact) mass is 397 g/mol. The van der Waals surface area contributed by atoms with Crippen LogP contribution >= 0.6 is 11.6 Å². The smallest absolute Gasteiger partial charge is 0.249 e. The lowest BCUT2D eigenvalue weighted by atomic mass is 10.2. The van der Waals surface area contributed by atoms with Crippen LogP contribution in [0.25, 0.3) is 0 Å². The van der Waals surface area contributed by atoms with E-state index >= 15 is 0 Å². The lowest BCUT2D eigenvalue weighted by molar-refractivity contribution is -0.119. The third-order valence-corrected chi connectivity index (χ3v) is 6.89. The van der Waals surface area contributed by atoms with Crippen molar-refractivity contribution in [3.05, 3.63) is 40.2 Å². The van der Waals surface area contributed by atoms with Gasteiger partial charge in [-0.05, 0) is 51.3 Å². The number of sulfonamides is 1. The summed E-state index contributed by atoms with van der Waals surface area (Å²) in [7, 11) is -3.88. The van der Waals surface area contributed by atoms with Crippen LogP contribution in [0.5, 0.6) is 0 Å². The zero-order valence-corrected chi connectivity index (χ0v) is 16.3. The van der Waals surface area contributed by atoms with Crippen LogP contribution in [0.4, 0.5) is 5.69 Å². The molecule has 1 amide bonds. The van der Waals surface area contributed by atoms with Crippen molar-refractivity contribution in [2.45, 2.75) is 44.6 Å². The molecule has 1 aromatic carbocycles. The van der Waals surface area contributed by atoms with Crippen LogP contribution in [0.15, 0.2) is 27.6 Å². The first-order valence-electron chi connectivity index (χ1n) is 8.23. The van der Waals surface area contributed by atoms with Gasteiger partial charge in [0.2, 0.25) is 15.9 Å². The Morgan fingerprint density at radius 3 is 2.69 bits per heavy atom. The topological polar surface area (TPSA) is 92.5 Å². The quantitative estimate of drug-likeness (QED) is 0.855.